The van der Waals surface area contributed by atoms with Gasteiger partial charge in [0.1, 0.15) is 5.82 Å². The average Bonchev–Trinajstić information content (AvgIpc) is 2.72. The molecule has 19 heavy (non-hydrogen) atoms. The first kappa shape index (κ1) is 12.4. The predicted octanol–water partition coefficient (Wildman–Crippen LogP) is 4.65. The van der Waals surface area contributed by atoms with Crippen molar-refractivity contribution < 1.29 is 4.39 Å². The Balaban J connectivity index is 2.31. The van der Waals surface area contributed by atoms with E-state index in [1.165, 1.54) is 17.4 Å². The summed E-state index contributed by atoms with van der Waals surface area (Å²) < 4.78 is 14.3. The summed E-state index contributed by atoms with van der Waals surface area (Å²) in [5, 5.41) is 0.630. The predicted molar refractivity (Wildman–Crippen MR) is 79.2 cm³/mol. The second-order valence-corrected chi connectivity index (χ2v) is 5.81. The highest BCUT2D eigenvalue weighted by molar-refractivity contribution is 7.22. The van der Waals surface area contributed by atoms with E-state index in [4.69, 9.17) is 17.3 Å². The molecule has 96 valence electrons. The van der Waals surface area contributed by atoms with Crippen molar-refractivity contribution >= 4 is 38.3 Å². The van der Waals surface area contributed by atoms with Crippen LogP contribution in [0.4, 0.5) is 9.52 Å². The van der Waals surface area contributed by atoms with Crippen molar-refractivity contribution in [2.75, 3.05) is 5.73 Å². The van der Waals surface area contributed by atoms with Crippen LogP contribution in [0.15, 0.2) is 30.3 Å². The lowest BCUT2D eigenvalue weighted by Crippen LogP contribution is -1.86. The maximum absolute atomic E-state index is 13.2. The van der Waals surface area contributed by atoms with Gasteiger partial charge in [0.15, 0.2) is 5.13 Å². The Morgan fingerprint density at radius 2 is 2.05 bits per heavy atom. The molecule has 2 aromatic carbocycles. The Bertz CT molecular complexity index is 782. The quantitative estimate of drug-likeness (QED) is 0.709. The second kappa shape index (κ2) is 4.47. The Kier molecular flexibility index (Phi) is 2.92. The summed E-state index contributed by atoms with van der Waals surface area (Å²) in [4.78, 5) is 4.34. The molecule has 3 rings (SSSR count). The van der Waals surface area contributed by atoms with Crippen molar-refractivity contribution in [2.24, 2.45) is 0 Å². The van der Waals surface area contributed by atoms with Gasteiger partial charge in [-0.1, -0.05) is 29.0 Å². The summed E-state index contributed by atoms with van der Waals surface area (Å²) in [5.41, 5.74) is 9.46. The number of nitrogen functional groups attached to an aromatic ring is 1. The van der Waals surface area contributed by atoms with Crippen LogP contribution in [0.1, 0.15) is 5.56 Å². The van der Waals surface area contributed by atoms with Crippen molar-refractivity contribution in [3.05, 3.63) is 46.7 Å². The zero-order valence-electron chi connectivity index (χ0n) is 10.1. The second-order valence-electron chi connectivity index (χ2n) is 4.34. The molecule has 0 aliphatic carbocycles. The van der Waals surface area contributed by atoms with E-state index in [-0.39, 0.29) is 5.02 Å². The number of nitrogens with zero attached hydrogens (tertiary/aromatic N) is 1. The lowest BCUT2D eigenvalue weighted by atomic mass is 10.0. The van der Waals surface area contributed by atoms with Crippen molar-refractivity contribution in [3.63, 3.8) is 0 Å². The summed E-state index contributed by atoms with van der Waals surface area (Å²) in [6.07, 6.45) is 0. The molecule has 1 heterocycles. The number of rotatable bonds is 1. The molecule has 2 nitrogen and oxygen atoms in total. The number of thiazole rings is 1. The van der Waals surface area contributed by atoms with E-state index in [1.54, 1.807) is 12.1 Å². The number of hydrogen-bond acceptors (Lipinski definition) is 3. The maximum Gasteiger partial charge on any atom is 0.181 e. The Labute approximate surface area is 118 Å². The van der Waals surface area contributed by atoms with Crippen molar-refractivity contribution in [2.45, 2.75) is 6.92 Å². The van der Waals surface area contributed by atoms with Crippen molar-refractivity contribution in [3.8, 4) is 11.1 Å². The maximum atomic E-state index is 13.2. The molecule has 0 amide bonds. The first-order valence-corrected chi connectivity index (χ1v) is 6.86. The minimum Gasteiger partial charge on any atom is -0.375 e. The van der Waals surface area contributed by atoms with Gasteiger partial charge in [-0.05, 0) is 42.3 Å². The SMILES string of the molecule is Cc1cc(-c2ccc(F)c(Cl)c2)c2nc(N)sc2c1. The highest BCUT2D eigenvalue weighted by Crippen LogP contribution is 2.35. The topological polar surface area (TPSA) is 38.9 Å². The fourth-order valence-electron chi connectivity index (χ4n) is 2.07. The Morgan fingerprint density at radius 3 is 2.79 bits per heavy atom. The Hall–Kier alpha value is -1.65. The van der Waals surface area contributed by atoms with E-state index < -0.39 is 5.82 Å². The number of aryl methyl sites for hydroxylation is 1. The lowest BCUT2D eigenvalue weighted by molar-refractivity contribution is 0.628. The van der Waals surface area contributed by atoms with Gasteiger partial charge in [-0.2, -0.15) is 0 Å². The van der Waals surface area contributed by atoms with Gasteiger partial charge in [0, 0.05) is 5.56 Å². The third-order valence-electron chi connectivity index (χ3n) is 2.89. The van der Waals surface area contributed by atoms with Crippen LogP contribution in [-0.4, -0.2) is 4.98 Å². The molecule has 0 unspecified atom stereocenters. The van der Waals surface area contributed by atoms with Gasteiger partial charge in [0.05, 0.1) is 15.2 Å². The fourth-order valence-corrected chi connectivity index (χ4v) is 3.11. The molecule has 5 heteroatoms. The zero-order valence-corrected chi connectivity index (χ0v) is 11.6. The fraction of sp³-hybridized carbons (Fsp3) is 0.0714. The van der Waals surface area contributed by atoms with Gasteiger partial charge in [0.2, 0.25) is 0 Å². The minimum atomic E-state index is -0.424. The number of benzene rings is 2. The van der Waals surface area contributed by atoms with Crippen molar-refractivity contribution in [1.29, 1.82) is 0 Å². The van der Waals surface area contributed by atoms with Gasteiger partial charge in [0.25, 0.3) is 0 Å². The summed E-state index contributed by atoms with van der Waals surface area (Å²) in [6, 6.07) is 8.72. The van der Waals surface area contributed by atoms with Gasteiger partial charge in [-0.25, -0.2) is 9.37 Å². The normalized spacial score (nSPS) is 11.1. The van der Waals surface area contributed by atoms with E-state index in [9.17, 15) is 4.39 Å². The molecule has 0 aliphatic rings. The third-order valence-corrected chi connectivity index (χ3v) is 4.01. The molecule has 2 N–H and O–H groups in total. The van der Waals surface area contributed by atoms with E-state index in [1.807, 2.05) is 19.1 Å². The van der Waals surface area contributed by atoms with Crippen LogP contribution in [0, 0.1) is 12.7 Å². The van der Waals surface area contributed by atoms with Gasteiger partial charge in [-0.3, -0.25) is 0 Å². The standard InChI is InChI=1S/C14H10ClFN2S/c1-7-4-9(8-2-3-11(16)10(15)6-8)13-12(5-7)19-14(17)18-13/h2-6H,1H3,(H2,17,18). The van der Waals surface area contributed by atoms with Crippen LogP contribution >= 0.6 is 22.9 Å². The zero-order chi connectivity index (χ0) is 13.6. The summed E-state index contributed by atoms with van der Waals surface area (Å²) in [5.74, 6) is -0.424. The number of halogens is 2. The van der Waals surface area contributed by atoms with Gasteiger partial charge in [-0.15, -0.1) is 0 Å². The molecule has 0 bridgehead atoms. The lowest BCUT2D eigenvalue weighted by Gasteiger charge is -2.05. The van der Waals surface area contributed by atoms with E-state index in [2.05, 4.69) is 4.98 Å². The highest BCUT2D eigenvalue weighted by Gasteiger charge is 2.11. The number of fused-ring (bicyclic) bond motifs is 1. The van der Waals surface area contributed by atoms with Crippen LogP contribution in [-0.2, 0) is 0 Å². The number of aromatic nitrogens is 1. The minimum absolute atomic E-state index is 0.107. The molecule has 0 radical (unpaired) electrons. The smallest absolute Gasteiger partial charge is 0.181 e. The monoisotopic (exact) mass is 292 g/mol. The molecule has 3 aromatic rings. The first-order chi connectivity index (χ1) is 9.04. The van der Waals surface area contributed by atoms with Crippen LogP contribution in [0.3, 0.4) is 0 Å². The van der Waals surface area contributed by atoms with E-state index in [0.29, 0.717) is 5.13 Å². The molecular formula is C14H10ClFN2S. The molecular weight excluding hydrogens is 283 g/mol. The van der Waals surface area contributed by atoms with Crippen LogP contribution < -0.4 is 5.73 Å². The number of nitrogens with two attached hydrogens (primary N) is 1. The summed E-state index contributed by atoms with van der Waals surface area (Å²) in [7, 11) is 0. The van der Waals surface area contributed by atoms with Crippen molar-refractivity contribution in [1.82, 2.24) is 4.98 Å². The molecule has 0 aliphatic heterocycles. The van der Waals surface area contributed by atoms with E-state index >= 15 is 0 Å². The van der Waals surface area contributed by atoms with E-state index in [0.717, 1.165) is 26.9 Å². The molecule has 1 aromatic heterocycles. The van der Waals surface area contributed by atoms with Crippen LogP contribution in [0.25, 0.3) is 21.3 Å². The molecule has 0 saturated carbocycles. The Morgan fingerprint density at radius 1 is 1.26 bits per heavy atom. The summed E-state index contributed by atoms with van der Waals surface area (Å²) in [6.45, 7) is 2.00. The van der Waals surface area contributed by atoms with Gasteiger partial charge < -0.3 is 5.73 Å². The molecule has 0 spiro atoms. The highest BCUT2D eigenvalue weighted by atomic mass is 35.5. The summed E-state index contributed by atoms with van der Waals surface area (Å²) >= 11 is 7.28. The number of hydrogen-bond donors (Lipinski definition) is 1. The average molecular weight is 293 g/mol. The first-order valence-electron chi connectivity index (χ1n) is 5.66. The number of anilines is 1. The largest absolute Gasteiger partial charge is 0.375 e. The third kappa shape index (κ3) is 2.17. The van der Waals surface area contributed by atoms with Gasteiger partial charge >= 0.3 is 0 Å². The van der Waals surface area contributed by atoms with Crippen LogP contribution in [0.2, 0.25) is 5.02 Å². The van der Waals surface area contributed by atoms with Crippen LogP contribution in [0.5, 0.6) is 0 Å². The molecule has 0 atom stereocenters. The molecule has 0 fully saturated rings. The molecule has 0 saturated heterocycles.